The summed E-state index contributed by atoms with van der Waals surface area (Å²) in [4.78, 5) is 16.8. The van der Waals surface area contributed by atoms with Gasteiger partial charge in [-0.1, -0.05) is 13.0 Å². The van der Waals surface area contributed by atoms with Gasteiger partial charge < -0.3 is 11.1 Å². The summed E-state index contributed by atoms with van der Waals surface area (Å²) in [5, 5.41) is 12.0. The minimum atomic E-state index is -0.282. The molecule has 0 spiro atoms. The number of imidazole rings is 1. The average molecular weight is 333 g/mol. The summed E-state index contributed by atoms with van der Waals surface area (Å²) in [5.74, 6) is 0.0227. The maximum Gasteiger partial charge on any atom is 0.273 e. The molecular weight excluding hydrogens is 314 g/mol. The van der Waals surface area contributed by atoms with E-state index in [0.717, 1.165) is 23.1 Å². The van der Waals surface area contributed by atoms with Crippen LogP contribution >= 0.6 is 0 Å². The molecule has 3 rings (SSSR count). The minimum absolute atomic E-state index is 0.217. The van der Waals surface area contributed by atoms with Gasteiger partial charge in [0.25, 0.3) is 5.91 Å². The summed E-state index contributed by atoms with van der Waals surface area (Å²) < 4.78 is 1.70. The normalized spacial score (nSPS) is 10.6. The fourth-order valence-corrected chi connectivity index (χ4v) is 2.80. The number of pyridine rings is 1. The Morgan fingerprint density at radius 3 is 2.92 bits per heavy atom. The van der Waals surface area contributed by atoms with Crippen LogP contribution in [0.15, 0.2) is 36.5 Å². The topological polar surface area (TPSA) is 96.2 Å². The second-order valence-corrected chi connectivity index (χ2v) is 5.92. The molecule has 0 aliphatic heterocycles. The van der Waals surface area contributed by atoms with Gasteiger partial charge >= 0.3 is 0 Å². The van der Waals surface area contributed by atoms with Gasteiger partial charge in [0.05, 0.1) is 11.6 Å². The third-order valence-corrected chi connectivity index (χ3v) is 3.96. The first kappa shape index (κ1) is 16.5. The number of aromatic nitrogens is 2. The number of hydrogen-bond acceptors (Lipinski definition) is 4. The number of aryl methyl sites for hydroxylation is 1. The van der Waals surface area contributed by atoms with Gasteiger partial charge in [-0.15, -0.1) is 0 Å². The van der Waals surface area contributed by atoms with E-state index in [9.17, 15) is 10.1 Å². The Morgan fingerprint density at radius 1 is 1.40 bits per heavy atom. The molecule has 2 aromatic heterocycles. The Balaban J connectivity index is 2.17. The molecule has 1 aromatic carbocycles. The lowest BCUT2D eigenvalue weighted by Gasteiger charge is -2.06. The molecule has 1 amide bonds. The third-order valence-electron chi connectivity index (χ3n) is 3.96. The lowest BCUT2D eigenvalue weighted by atomic mass is 10.0. The highest BCUT2D eigenvalue weighted by molar-refractivity contribution is 5.98. The number of nitrogen functional groups attached to an aromatic ring is 1. The van der Waals surface area contributed by atoms with E-state index < -0.39 is 0 Å². The number of fused-ring (bicyclic) bond motifs is 1. The summed E-state index contributed by atoms with van der Waals surface area (Å²) in [7, 11) is 0. The zero-order valence-electron chi connectivity index (χ0n) is 14.2. The zero-order valence-corrected chi connectivity index (χ0v) is 14.2. The Hall–Kier alpha value is -3.33. The zero-order chi connectivity index (χ0) is 18.0. The first-order chi connectivity index (χ1) is 12.0. The van der Waals surface area contributed by atoms with E-state index in [1.807, 2.05) is 44.2 Å². The van der Waals surface area contributed by atoms with Crippen molar-refractivity contribution >= 4 is 17.4 Å². The molecule has 0 bridgehead atoms. The molecule has 0 fully saturated rings. The summed E-state index contributed by atoms with van der Waals surface area (Å²) >= 11 is 0. The highest BCUT2D eigenvalue weighted by Gasteiger charge is 2.18. The number of rotatable bonds is 4. The Kier molecular flexibility index (Phi) is 4.40. The van der Waals surface area contributed by atoms with Gasteiger partial charge in [-0.25, -0.2) is 4.98 Å². The number of benzene rings is 1. The van der Waals surface area contributed by atoms with Crippen molar-refractivity contribution in [2.45, 2.75) is 20.3 Å². The Bertz CT molecular complexity index is 997. The van der Waals surface area contributed by atoms with Crippen LogP contribution in [-0.4, -0.2) is 21.8 Å². The van der Waals surface area contributed by atoms with E-state index in [1.54, 1.807) is 10.6 Å². The summed E-state index contributed by atoms with van der Waals surface area (Å²) in [6.45, 7) is 4.49. The number of nitrogens with zero attached hydrogens (tertiary/aromatic N) is 3. The molecule has 0 aliphatic rings. The minimum Gasteiger partial charge on any atom is -0.383 e. The van der Waals surface area contributed by atoms with Crippen LogP contribution in [0.4, 0.5) is 5.82 Å². The maximum absolute atomic E-state index is 12.3. The fraction of sp³-hybridized carbons (Fsp3) is 0.211. The number of nitrogens with one attached hydrogen (secondary N) is 1. The largest absolute Gasteiger partial charge is 0.383 e. The van der Waals surface area contributed by atoms with Crippen LogP contribution in [0, 0.1) is 18.3 Å². The van der Waals surface area contributed by atoms with E-state index in [0.29, 0.717) is 23.6 Å². The highest BCUT2D eigenvalue weighted by atomic mass is 16.1. The smallest absolute Gasteiger partial charge is 0.273 e. The summed E-state index contributed by atoms with van der Waals surface area (Å²) in [6.07, 6.45) is 2.61. The van der Waals surface area contributed by atoms with Crippen molar-refractivity contribution in [1.29, 1.82) is 5.26 Å². The second-order valence-electron chi connectivity index (χ2n) is 5.92. The molecule has 0 saturated carbocycles. The molecule has 0 unspecified atom stereocenters. The van der Waals surface area contributed by atoms with Crippen molar-refractivity contribution < 1.29 is 4.79 Å². The lowest BCUT2D eigenvalue weighted by molar-refractivity contribution is 0.0950. The van der Waals surface area contributed by atoms with Crippen LogP contribution in [0.25, 0.3) is 16.8 Å². The first-order valence-corrected chi connectivity index (χ1v) is 8.12. The van der Waals surface area contributed by atoms with E-state index >= 15 is 0 Å². The van der Waals surface area contributed by atoms with Gasteiger partial charge in [-0.05, 0) is 48.7 Å². The van der Waals surface area contributed by atoms with Crippen molar-refractivity contribution in [2.75, 3.05) is 12.3 Å². The predicted molar refractivity (Wildman–Crippen MR) is 97.1 cm³/mol. The Labute approximate surface area is 145 Å². The van der Waals surface area contributed by atoms with Crippen LogP contribution in [0.3, 0.4) is 0 Å². The Morgan fingerprint density at radius 2 is 2.20 bits per heavy atom. The van der Waals surface area contributed by atoms with Crippen LogP contribution in [0.5, 0.6) is 0 Å². The van der Waals surface area contributed by atoms with E-state index in [4.69, 9.17) is 5.73 Å². The molecular formula is C19H19N5O. The van der Waals surface area contributed by atoms with Crippen molar-refractivity contribution in [3.63, 3.8) is 0 Å². The molecule has 6 nitrogen and oxygen atoms in total. The standard InChI is InChI=1S/C19H19N5O/c1-3-6-22-19(25)16-17(21)24-7-4-5-15(18(24)23-16)14-9-12(2)8-13(10-14)11-20/h4-5,7-10H,3,6,21H2,1-2H3,(H,22,25). The lowest BCUT2D eigenvalue weighted by Crippen LogP contribution is -2.25. The maximum atomic E-state index is 12.3. The van der Waals surface area contributed by atoms with E-state index in [1.165, 1.54) is 0 Å². The van der Waals surface area contributed by atoms with Crippen LogP contribution in [-0.2, 0) is 0 Å². The van der Waals surface area contributed by atoms with Crippen molar-refractivity contribution in [1.82, 2.24) is 14.7 Å². The number of nitriles is 1. The van der Waals surface area contributed by atoms with Crippen LogP contribution < -0.4 is 11.1 Å². The van der Waals surface area contributed by atoms with Gasteiger partial charge in [0.15, 0.2) is 5.69 Å². The van der Waals surface area contributed by atoms with Gasteiger partial charge in [0, 0.05) is 18.3 Å². The molecule has 0 atom stereocenters. The van der Waals surface area contributed by atoms with Gasteiger partial charge in [0.1, 0.15) is 11.5 Å². The molecule has 2 heterocycles. The van der Waals surface area contributed by atoms with Crippen molar-refractivity contribution in [3.8, 4) is 17.2 Å². The van der Waals surface area contributed by atoms with Gasteiger partial charge in [0.2, 0.25) is 0 Å². The summed E-state index contributed by atoms with van der Waals surface area (Å²) in [5.41, 5.74) is 10.2. The number of carbonyl (C=O) groups is 1. The number of hydrogen-bond donors (Lipinski definition) is 2. The van der Waals surface area contributed by atoms with Crippen molar-refractivity contribution in [2.24, 2.45) is 0 Å². The number of amides is 1. The first-order valence-electron chi connectivity index (χ1n) is 8.12. The molecule has 0 aliphatic carbocycles. The number of carbonyl (C=O) groups excluding carboxylic acids is 1. The SMILES string of the molecule is CCCNC(=O)c1nc2c(-c3cc(C)cc(C#N)c3)cccn2c1N. The van der Waals surface area contributed by atoms with Gasteiger partial charge in [-0.2, -0.15) is 5.26 Å². The van der Waals surface area contributed by atoms with E-state index in [2.05, 4.69) is 16.4 Å². The van der Waals surface area contributed by atoms with Gasteiger partial charge in [-0.3, -0.25) is 9.20 Å². The molecule has 3 aromatic rings. The molecule has 0 radical (unpaired) electrons. The molecule has 25 heavy (non-hydrogen) atoms. The third kappa shape index (κ3) is 3.04. The van der Waals surface area contributed by atoms with Crippen LogP contribution in [0.1, 0.15) is 35.0 Å². The van der Waals surface area contributed by atoms with Crippen LogP contribution in [0.2, 0.25) is 0 Å². The van der Waals surface area contributed by atoms with Crippen molar-refractivity contribution in [3.05, 3.63) is 53.3 Å². The molecule has 126 valence electrons. The molecule has 3 N–H and O–H groups in total. The summed E-state index contributed by atoms with van der Waals surface area (Å²) in [6, 6.07) is 11.5. The fourth-order valence-electron chi connectivity index (χ4n) is 2.80. The number of anilines is 1. The van der Waals surface area contributed by atoms with E-state index in [-0.39, 0.29) is 11.6 Å². The highest BCUT2D eigenvalue weighted by Crippen LogP contribution is 2.28. The molecule has 6 heteroatoms. The average Bonchev–Trinajstić information content (AvgIpc) is 2.96. The predicted octanol–water partition coefficient (Wildman–Crippen LogP) is 2.90. The number of nitrogens with two attached hydrogens (primary N) is 1. The quantitative estimate of drug-likeness (QED) is 0.767. The molecule has 0 saturated heterocycles. The second kappa shape index (κ2) is 6.65. The monoisotopic (exact) mass is 333 g/mol.